The van der Waals surface area contributed by atoms with Gasteiger partial charge in [0.1, 0.15) is 5.75 Å². The molecule has 1 fully saturated rings. The molecule has 1 saturated heterocycles. The first-order valence-corrected chi connectivity index (χ1v) is 9.20. The predicted molar refractivity (Wildman–Crippen MR) is 96.2 cm³/mol. The minimum atomic E-state index is -2.76. The van der Waals surface area contributed by atoms with Gasteiger partial charge in [-0.25, -0.2) is 18.0 Å². The van der Waals surface area contributed by atoms with E-state index in [-0.39, 0.29) is 31.2 Å². The third kappa shape index (κ3) is 4.32. The molecule has 1 aliphatic heterocycles. The zero-order valence-corrected chi connectivity index (χ0v) is 15.5. The van der Waals surface area contributed by atoms with Gasteiger partial charge in [0.05, 0.1) is 6.67 Å². The van der Waals surface area contributed by atoms with Gasteiger partial charge in [-0.05, 0) is 35.6 Å². The van der Waals surface area contributed by atoms with Crippen molar-refractivity contribution in [2.45, 2.75) is 38.0 Å². The van der Waals surface area contributed by atoms with Gasteiger partial charge >= 0.3 is 5.97 Å². The Morgan fingerprint density at radius 1 is 1.39 bits per heavy atom. The Balaban J connectivity index is 1.68. The maximum atomic E-state index is 13.9. The van der Waals surface area contributed by atoms with E-state index in [0.29, 0.717) is 13.0 Å². The van der Waals surface area contributed by atoms with Gasteiger partial charge in [0.15, 0.2) is 6.10 Å². The lowest BCUT2D eigenvalue weighted by Crippen LogP contribution is -2.63. The van der Waals surface area contributed by atoms with E-state index in [1.807, 2.05) is 13.0 Å². The second-order valence-electron chi connectivity index (χ2n) is 7.57. The molecule has 1 heterocycles. The van der Waals surface area contributed by atoms with Crippen molar-refractivity contribution in [2.24, 2.45) is 5.92 Å². The molecule has 2 aliphatic rings. The standard InChI is InChI=1S/C20H23F4NO3/c1-12-6-14-8-16(28-17(4-5-21)18(22)23)3-2-13(14)7-15(12)9-25-10-20(24,11-25)19(26)27/h2-3,7-8,12,17-18H,4-6,9-11H2,1H3,(H,26,27)/t12-,17?/m0/s1. The molecule has 0 bridgehead atoms. The second kappa shape index (κ2) is 8.11. The fourth-order valence-electron chi connectivity index (χ4n) is 3.66. The number of carbonyl (C=O) groups is 1. The Morgan fingerprint density at radius 3 is 2.71 bits per heavy atom. The molecule has 1 unspecified atom stereocenters. The molecular formula is C20H23F4NO3. The van der Waals surface area contributed by atoms with Crippen LogP contribution in [-0.4, -0.2) is 60.5 Å². The maximum absolute atomic E-state index is 13.9. The number of carboxylic acid groups (broad SMARTS) is 1. The van der Waals surface area contributed by atoms with Crippen LogP contribution in [0.3, 0.4) is 0 Å². The Morgan fingerprint density at radius 2 is 2.11 bits per heavy atom. The van der Waals surface area contributed by atoms with E-state index in [0.717, 1.165) is 16.7 Å². The van der Waals surface area contributed by atoms with Crippen LogP contribution < -0.4 is 4.74 Å². The summed E-state index contributed by atoms with van der Waals surface area (Å²) in [4.78, 5) is 12.6. The molecule has 2 atom stereocenters. The molecule has 1 aromatic carbocycles. The van der Waals surface area contributed by atoms with Crippen molar-refractivity contribution in [3.63, 3.8) is 0 Å². The zero-order chi connectivity index (χ0) is 20.5. The first kappa shape index (κ1) is 20.6. The van der Waals surface area contributed by atoms with Crippen molar-refractivity contribution in [2.75, 3.05) is 26.3 Å². The number of hydrogen-bond acceptors (Lipinski definition) is 3. The van der Waals surface area contributed by atoms with E-state index >= 15 is 0 Å². The molecule has 3 rings (SSSR count). The second-order valence-corrected chi connectivity index (χ2v) is 7.57. The summed E-state index contributed by atoms with van der Waals surface area (Å²) in [6.45, 7) is 1.36. The van der Waals surface area contributed by atoms with E-state index in [9.17, 15) is 22.4 Å². The number of likely N-dealkylation sites (tertiary alicyclic amines) is 1. The minimum Gasteiger partial charge on any atom is -0.484 e. The van der Waals surface area contributed by atoms with E-state index in [1.165, 1.54) is 0 Å². The van der Waals surface area contributed by atoms with Gasteiger partial charge in [-0.2, -0.15) is 0 Å². The van der Waals surface area contributed by atoms with Gasteiger partial charge in [-0.3, -0.25) is 9.29 Å². The number of nitrogens with zero attached hydrogens (tertiary/aromatic N) is 1. The minimum absolute atomic E-state index is 0.129. The first-order chi connectivity index (χ1) is 13.2. The van der Waals surface area contributed by atoms with Crippen molar-refractivity contribution >= 4 is 12.0 Å². The highest BCUT2D eigenvalue weighted by Gasteiger charge is 2.50. The Labute approximate surface area is 160 Å². The normalized spacial score (nSPS) is 22.2. The lowest BCUT2D eigenvalue weighted by atomic mass is 9.83. The van der Waals surface area contributed by atoms with Crippen LogP contribution >= 0.6 is 0 Å². The summed E-state index contributed by atoms with van der Waals surface area (Å²) in [6, 6.07) is 5.05. The number of hydrogen-bond donors (Lipinski definition) is 1. The van der Waals surface area contributed by atoms with E-state index in [4.69, 9.17) is 9.84 Å². The summed E-state index contributed by atoms with van der Waals surface area (Å²) < 4.78 is 57.4. The van der Waals surface area contributed by atoms with Crippen LogP contribution in [0.2, 0.25) is 0 Å². The fraction of sp³-hybridized carbons (Fsp3) is 0.550. The van der Waals surface area contributed by atoms with Crippen LogP contribution in [0.25, 0.3) is 6.08 Å². The number of fused-ring (bicyclic) bond motifs is 1. The summed E-state index contributed by atoms with van der Waals surface area (Å²) in [6.07, 6.45) is -1.97. The number of benzene rings is 1. The van der Waals surface area contributed by atoms with Gasteiger partial charge in [-0.1, -0.05) is 24.6 Å². The third-order valence-corrected chi connectivity index (χ3v) is 5.31. The predicted octanol–water partition coefficient (Wildman–Crippen LogP) is 3.74. The Bertz CT molecular complexity index is 762. The van der Waals surface area contributed by atoms with E-state index in [2.05, 4.69) is 0 Å². The molecule has 154 valence electrons. The van der Waals surface area contributed by atoms with Crippen LogP contribution in [0.4, 0.5) is 17.6 Å². The maximum Gasteiger partial charge on any atom is 0.344 e. The van der Waals surface area contributed by atoms with Crippen molar-refractivity contribution in [1.82, 2.24) is 4.90 Å². The summed E-state index contributed by atoms with van der Waals surface area (Å²) >= 11 is 0. The summed E-state index contributed by atoms with van der Waals surface area (Å²) in [5.41, 5.74) is 0.765. The van der Waals surface area contributed by atoms with Crippen LogP contribution in [0, 0.1) is 5.92 Å². The van der Waals surface area contributed by atoms with Gasteiger partial charge in [0.25, 0.3) is 6.43 Å². The lowest BCUT2D eigenvalue weighted by Gasteiger charge is -2.42. The van der Waals surface area contributed by atoms with Crippen molar-refractivity contribution in [1.29, 1.82) is 0 Å². The number of alkyl halides is 4. The van der Waals surface area contributed by atoms with Crippen molar-refractivity contribution in [3.8, 4) is 5.75 Å². The molecule has 1 N–H and O–H groups in total. The van der Waals surface area contributed by atoms with Gasteiger partial charge in [0, 0.05) is 26.1 Å². The average Bonchev–Trinajstić information content (AvgIpc) is 2.60. The Hall–Kier alpha value is -2.09. The van der Waals surface area contributed by atoms with Crippen molar-refractivity contribution in [3.05, 3.63) is 34.9 Å². The number of rotatable bonds is 8. The highest BCUT2D eigenvalue weighted by molar-refractivity contribution is 5.79. The lowest BCUT2D eigenvalue weighted by molar-refractivity contribution is -0.163. The smallest absolute Gasteiger partial charge is 0.344 e. The highest BCUT2D eigenvalue weighted by atomic mass is 19.3. The topological polar surface area (TPSA) is 49.8 Å². The van der Waals surface area contributed by atoms with Crippen LogP contribution in [-0.2, 0) is 11.2 Å². The zero-order valence-electron chi connectivity index (χ0n) is 15.5. The summed E-state index contributed by atoms with van der Waals surface area (Å²) in [5.74, 6) is -1.01. The van der Waals surface area contributed by atoms with Crippen LogP contribution in [0.1, 0.15) is 24.5 Å². The first-order valence-electron chi connectivity index (χ1n) is 9.20. The van der Waals surface area contributed by atoms with E-state index < -0.39 is 30.8 Å². The molecule has 0 aromatic heterocycles. The number of halogens is 4. The molecule has 28 heavy (non-hydrogen) atoms. The number of carboxylic acids is 1. The van der Waals surface area contributed by atoms with Crippen LogP contribution in [0.15, 0.2) is 23.8 Å². The molecular weight excluding hydrogens is 378 g/mol. The third-order valence-electron chi connectivity index (χ3n) is 5.31. The van der Waals surface area contributed by atoms with Gasteiger partial charge in [0.2, 0.25) is 5.67 Å². The average molecular weight is 401 g/mol. The quantitative estimate of drug-likeness (QED) is 0.675. The molecule has 0 spiro atoms. The summed E-state index contributed by atoms with van der Waals surface area (Å²) in [5, 5.41) is 8.86. The molecule has 8 heteroatoms. The monoisotopic (exact) mass is 401 g/mol. The molecule has 4 nitrogen and oxygen atoms in total. The molecule has 0 saturated carbocycles. The largest absolute Gasteiger partial charge is 0.484 e. The SMILES string of the molecule is C[C@H]1Cc2cc(OC(CCF)C(F)F)ccc2C=C1CN1CC(F)(C(=O)O)C1. The summed E-state index contributed by atoms with van der Waals surface area (Å²) in [7, 11) is 0. The van der Waals surface area contributed by atoms with E-state index in [1.54, 1.807) is 23.1 Å². The molecule has 0 radical (unpaired) electrons. The van der Waals surface area contributed by atoms with Gasteiger partial charge < -0.3 is 9.84 Å². The highest BCUT2D eigenvalue weighted by Crippen LogP contribution is 2.34. The number of aliphatic carboxylic acids is 1. The van der Waals surface area contributed by atoms with Crippen molar-refractivity contribution < 1.29 is 32.2 Å². The molecule has 0 amide bonds. The van der Waals surface area contributed by atoms with Crippen LogP contribution in [0.5, 0.6) is 5.75 Å². The molecule has 1 aliphatic carbocycles. The van der Waals surface area contributed by atoms with Gasteiger partial charge in [-0.15, -0.1) is 0 Å². The molecule has 1 aromatic rings. The Kier molecular flexibility index (Phi) is 5.98. The fourth-order valence-corrected chi connectivity index (χ4v) is 3.66. The number of ether oxygens (including phenoxy) is 1.